The first-order chi connectivity index (χ1) is 11.1. The van der Waals surface area contributed by atoms with Crippen LogP contribution >= 0.6 is 0 Å². The predicted octanol–water partition coefficient (Wildman–Crippen LogP) is 0.815. The summed E-state index contributed by atoms with van der Waals surface area (Å²) in [4.78, 5) is 43.1. The topological polar surface area (TPSA) is 79.0 Å². The Labute approximate surface area is 134 Å². The first-order valence-electron chi connectivity index (χ1n) is 7.61. The molecule has 1 N–H and O–H groups in total. The molecule has 7 nitrogen and oxygen atoms in total. The maximum absolute atomic E-state index is 12.3. The zero-order chi connectivity index (χ0) is 16.4. The number of amides is 3. The van der Waals surface area contributed by atoms with Gasteiger partial charge in [0.15, 0.2) is 5.78 Å². The number of urea groups is 1. The molecule has 2 saturated heterocycles. The van der Waals surface area contributed by atoms with Gasteiger partial charge in [-0.05, 0) is 12.8 Å². The minimum absolute atomic E-state index is 0.00232. The highest BCUT2D eigenvalue weighted by molar-refractivity contribution is 6.00. The lowest BCUT2D eigenvalue weighted by Crippen LogP contribution is -2.50. The van der Waals surface area contributed by atoms with E-state index in [0.717, 1.165) is 0 Å². The number of carbonyl (C=O) groups is 3. The van der Waals surface area contributed by atoms with Crippen LogP contribution in [0.5, 0.6) is 0 Å². The third kappa shape index (κ3) is 2.92. The van der Waals surface area contributed by atoms with Crippen LogP contribution < -0.4 is 5.32 Å². The fourth-order valence-electron chi connectivity index (χ4n) is 3.15. The van der Waals surface area contributed by atoms with Crippen LogP contribution in [0.3, 0.4) is 0 Å². The lowest BCUT2D eigenvalue weighted by molar-refractivity contribution is -0.125. The average Bonchev–Trinajstić information content (AvgIpc) is 2.83. The van der Waals surface area contributed by atoms with Crippen LogP contribution in [0.15, 0.2) is 30.3 Å². The van der Waals surface area contributed by atoms with Crippen molar-refractivity contribution in [3.05, 3.63) is 35.9 Å². The van der Waals surface area contributed by atoms with E-state index >= 15 is 0 Å². The molecule has 2 atom stereocenters. The minimum Gasteiger partial charge on any atom is -0.347 e. The lowest BCUT2D eigenvalue weighted by Gasteiger charge is -2.29. The van der Waals surface area contributed by atoms with Crippen molar-refractivity contribution in [1.29, 1.82) is 0 Å². The van der Waals surface area contributed by atoms with Gasteiger partial charge >= 0.3 is 6.03 Å². The van der Waals surface area contributed by atoms with Gasteiger partial charge in [-0.25, -0.2) is 4.79 Å². The molecule has 3 rings (SSSR count). The zero-order valence-corrected chi connectivity index (χ0v) is 12.9. The normalized spacial score (nSPS) is 23.1. The number of hydroxylamine groups is 2. The highest BCUT2D eigenvalue weighted by Gasteiger charge is 2.47. The van der Waals surface area contributed by atoms with Crippen LogP contribution in [0.25, 0.3) is 0 Å². The second kappa shape index (κ2) is 6.37. The van der Waals surface area contributed by atoms with Gasteiger partial charge < -0.3 is 10.2 Å². The summed E-state index contributed by atoms with van der Waals surface area (Å²) >= 11 is 0. The maximum atomic E-state index is 12.3. The number of fused-ring (bicyclic) bond motifs is 2. The second-order valence-electron chi connectivity index (χ2n) is 5.70. The molecule has 0 aromatic heterocycles. The summed E-state index contributed by atoms with van der Waals surface area (Å²) in [6.07, 6.45) is 1.28. The number of carbonyl (C=O) groups excluding carboxylic acids is 3. The molecular weight excluding hydrogens is 298 g/mol. The summed E-state index contributed by atoms with van der Waals surface area (Å²) < 4.78 is 0. The maximum Gasteiger partial charge on any atom is 0.345 e. The first-order valence-corrected chi connectivity index (χ1v) is 7.61. The third-order valence-electron chi connectivity index (χ3n) is 4.34. The van der Waals surface area contributed by atoms with Gasteiger partial charge in [-0.1, -0.05) is 30.3 Å². The van der Waals surface area contributed by atoms with Gasteiger partial charge in [0, 0.05) is 12.1 Å². The predicted molar refractivity (Wildman–Crippen MR) is 81.5 cm³/mol. The molecule has 23 heavy (non-hydrogen) atoms. The Morgan fingerprint density at radius 2 is 2.00 bits per heavy atom. The summed E-state index contributed by atoms with van der Waals surface area (Å²) in [5.41, 5.74) is 0.555. The third-order valence-corrected chi connectivity index (χ3v) is 4.34. The Balaban J connectivity index is 1.59. The molecule has 0 radical (unpaired) electrons. The van der Waals surface area contributed by atoms with Crippen molar-refractivity contribution in [2.75, 3.05) is 20.2 Å². The van der Waals surface area contributed by atoms with Crippen LogP contribution in [-0.4, -0.2) is 60.0 Å². The molecule has 1 aromatic rings. The zero-order valence-electron chi connectivity index (χ0n) is 12.9. The highest BCUT2D eigenvalue weighted by Crippen LogP contribution is 2.29. The average molecular weight is 317 g/mol. The Morgan fingerprint density at radius 1 is 1.26 bits per heavy atom. The molecule has 7 heteroatoms. The molecule has 2 bridgehead atoms. The van der Waals surface area contributed by atoms with Crippen molar-refractivity contribution in [3.8, 4) is 0 Å². The fourth-order valence-corrected chi connectivity index (χ4v) is 3.15. The first kappa shape index (κ1) is 15.5. The summed E-state index contributed by atoms with van der Waals surface area (Å²) in [6.45, 7) is 0.413. The largest absolute Gasteiger partial charge is 0.347 e. The van der Waals surface area contributed by atoms with Crippen molar-refractivity contribution in [1.82, 2.24) is 15.3 Å². The van der Waals surface area contributed by atoms with Gasteiger partial charge in [0.1, 0.15) is 6.04 Å². The number of nitrogens with one attached hydrogen (secondary N) is 1. The molecule has 2 aliphatic rings. The van der Waals surface area contributed by atoms with E-state index < -0.39 is 6.04 Å². The molecule has 1 aromatic carbocycles. The molecule has 2 aliphatic heterocycles. The smallest absolute Gasteiger partial charge is 0.345 e. The molecule has 0 aliphatic carbocycles. The van der Waals surface area contributed by atoms with Crippen molar-refractivity contribution in [3.63, 3.8) is 0 Å². The monoisotopic (exact) mass is 317 g/mol. The molecule has 3 amide bonds. The lowest BCUT2D eigenvalue weighted by atomic mass is 10.00. The quantitative estimate of drug-likeness (QED) is 0.815. The number of nitrogens with zero attached hydrogens (tertiary/aromatic N) is 2. The van der Waals surface area contributed by atoms with Crippen molar-refractivity contribution in [2.24, 2.45) is 0 Å². The number of hydrogen-bond donors (Lipinski definition) is 1. The van der Waals surface area contributed by atoms with Gasteiger partial charge in [0.2, 0.25) is 5.91 Å². The standard InChI is InChI=1S/C16H19N3O4/c1-23-19-12-7-8-13(18(10-12)16(19)22)15(21)17-9-14(20)11-5-3-2-4-6-11/h2-6,12-13H,7-10H2,1H3,(H,17,21)/t12-,13+/m1/s1. The molecule has 0 saturated carbocycles. The van der Waals surface area contributed by atoms with Crippen molar-refractivity contribution < 1.29 is 19.2 Å². The van der Waals surface area contributed by atoms with E-state index in [9.17, 15) is 14.4 Å². The number of Topliss-reactive ketones (excluding diaryl/α,β-unsaturated/α-hetero) is 1. The Kier molecular flexibility index (Phi) is 4.29. The molecular formula is C16H19N3O4. The van der Waals surface area contributed by atoms with E-state index in [1.165, 1.54) is 17.1 Å². The second-order valence-corrected chi connectivity index (χ2v) is 5.70. The Hall–Kier alpha value is -2.41. The molecule has 0 unspecified atom stereocenters. The van der Waals surface area contributed by atoms with E-state index in [1.54, 1.807) is 24.3 Å². The van der Waals surface area contributed by atoms with E-state index in [-0.39, 0.29) is 30.3 Å². The Morgan fingerprint density at radius 3 is 2.70 bits per heavy atom. The minimum atomic E-state index is -0.539. The number of rotatable bonds is 5. The van der Waals surface area contributed by atoms with Gasteiger partial charge in [-0.15, -0.1) is 0 Å². The van der Waals surface area contributed by atoms with E-state index in [1.807, 2.05) is 6.07 Å². The summed E-state index contributed by atoms with van der Waals surface area (Å²) in [5, 5.41) is 3.97. The van der Waals surface area contributed by atoms with Crippen molar-refractivity contribution >= 4 is 17.7 Å². The highest BCUT2D eigenvalue weighted by atomic mass is 16.7. The van der Waals surface area contributed by atoms with Gasteiger partial charge in [-0.2, -0.15) is 5.06 Å². The summed E-state index contributed by atoms with van der Waals surface area (Å²) in [6, 6.07) is 7.97. The summed E-state index contributed by atoms with van der Waals surface area (Å²) in [5.74, 6) is -0.446. The van der Waals surface area contributed by atoms with E-state index in [0.29, 0.717) is 24.9 Å². The number of benzene rings is 1. The van der Waals surface area contributed by atoms with Crippen LogP contribution in [0.1, 0.15) is 23.2 Å². The van der Waals surface area contributed by atoms with Crippen LogP contribution in [0, 0.1) is 0 Å². The number of ketones is 1. The number of piperidine rings is 1. The molecule has 0 spiro atoms. The Bertz CT molecular complexity index is 619. The van der Waals surface area contributed by atoms with Crippen molar-refractivity contribution in [2.45, 2.75) is 24.9 Å². The van der Waals surface area contributed by atoms with Gasteiger partial charge in [0.25, 0.3) is 0 Å². The van der Waals surface area contributed by atoms with Gasteiger partial charge in [-0.3, -0.25) is 14.4 Å². The van der Waals surface area contributed by atoms with Gasteiger partial charge in [0.05, 0.1) is 19.7 Å². The fraction of sp³-hybridized carbons (Fsp3) is 0.438. The molecule has 2 fully saturated rings. The molecule has 122 valence electrons. The SMILES string of the molecule is CON1C(=O)N2C[C@H]1CC[C@H]2C(=O)NCC(=O)c1ccccc1. The van der Waals surface area contributed by atoms with E-state index in [2.05, 4.69) is 5.32 Å². The molecule has 2 heterocycles. The van der Waals surface area contributed by atoms with Crippen LogP contribution in [0.4, 0.5) is 4.79 Å². The number of hydrogen-bond acceptors (Lipinski definition) is 4. The van der Waals surface area contributed by atoms with Crippen LogP contribution in [-0.2, 0) is 9.63 Å². The summed E-state index contributed by atoms with van der Waals surface area (Å²) in [7, 11) is 1.45. The van der Waals surface area contributed by atoms with E-state index in [4.69, 9.17) is 4.84 Å². The van der Waals surface area contributed by atoms with Crippen LogP contribution in [0.2, 0.25) is 0 Å².